The lowest BCUT2D eigenvalue weighted by molar-refractivity contribution is -0.135. The number of pyridine rings is 1. The van der Waals surface area contributed by atoms with E-state index in [1.165, 1.54) is 0 Å². The van der Waals surface area contributed by atoms with Crippen molar-refractivity contribution in [3.63, 3.8) is 0 Å². The molecule has 4 nitrogen and oxygen atoms in total. The van der Waals surface area contributed by atoms with Crippen LogP contribution < -0.4 is 5.73 Å². The topological polar surface area (TPSA) is 59.2 Å². The van der Waals surface area contributed by atoms with Crippen LogP contribution >= 0.6 is 12.4 Å². The molecule has 2 atom stereocenters. The van der Waals surface area contributed by atoms with Crippen LogP contribution in [-0.4, -0.2) is 35.4 Å². The molecule has 112 valence electrons. The van der Waals surface area contributed by atoms with Crippen LogP contribution in [0.1, 0.15) is 31.4 Å². The summed E-state index contributed by atoms with van der Waals surface area (Å²) >= 11 is 0. The van der Waals surface area contributed by atoms with Crippen molar-refractivity contribution in [1.82, 2.24) is 9.88 Å². The number of rotatable bonds is 4. The highest BCUT2D eigenvalue weighted by molar-refractivity contribution is 5.85. The molecule has 1 aromatic heterocycles. The Hall–Kier alpha value is -1.13. The molecule has 0 aliphatic heterocycles. The van der Waals surface area contributed by atoms with Crippen LogP contribution in [0.2, 0.25) is 0 Å². The number of aromatic nitrogens is 1. The lowest BCUT2D eigenvalue weighted by Crippen LogP contribution is -2.39. The van der Waals surface area contributed by atoms with Gasteiger partial charge < -0.3 is 10.6 Å². The smallest absolute Gasteiger partial charge is 0.225 e. The SMILES string of the molecule is CN(CCc1ccccn1)C(=O)C1CCCC(N)C1.Cl. The zero-order chi connectivity index (χ0) is 13.7. The molecule has 0 spiro atoms. The predicted octanol–water partition coefficient (Wildman–Crippen LogP) is 2.02. The zero-order valence-electron chi connectivity index (χ0n) is 12.0. The lowest BCUT2D eigenvalue weighted by atomic mass is 9.85. The highest BCUT2D eigenvalue weighted by Crippen LogP contribution is 2.24. The molecule has 0 radical (unpaired) electrons. The van der Waals surface area contributed by atoms with Crippen molar-refractivity contribution in [2.24, 2.45) is 11.7 Å². The largest absolute Gasteiger partial charge is 0.345 e. The van der Waals surface area contributed by atoms with Crippen LogP contribution in [0, 0.1) is 5.92 Å². The first kappa shape index (κ1) is 16.9. The summed E-state index contributed by atoms with van der Waals surface area (Å²) < 4.78 is 0. The number of halogens is 1. The molecule has 1 aliphatic rings. The minimum absolute atomic E-state index is 0. The second-order valence-electron chi connectivity index (χ2n) is 5.45. The second kappa shape index (κ2) is 8.22. The van der Waals surface area contributed by atoms with Crippen LogP contribution in [0.4, 0.5) is 0 Å². The van der Waals surface area contributed by atoms with Gasteiger partial charge in [-0.05, 0) is 31.4 Å². The van der Waals surface area contributed by atoms with E-state index >= 15 is 0 Å². The number of nitrogens with zero attached hydrogens (tertiary/aromatic N) is 2. The normalized spacial score (nSPS) is 21.9. The number of carbonyl (C=O) groups excluding carboxylic acids is 1. The molecule has 1 fully saturated rings. The molecular formula is C15H24ClN3O. The summed E-state index contributed by atoms with van der Waals surface area (Å²) in [5.74, 6) is 0.364. The van der Waals surface area contributed by atoms with E-state index in [2.05, 4.69) is 4.98 Å². The van der Waals surface area contributed by atoms with Crippen molar-refractivity contribution in [2.45, 2.75) is 38.1 Å². The molecule has 1 heterocycles. The van der Waals surface area contributed by atoms with Gasteiger partial charge >= 0.3 is 0 Å². The Bertz CT molecular complexity index is 413. The molecule has 1 amide bonds. The predicted molar refractivity (Wildman–Crippen MR) is 82.8 cm³/mol. The van der Waals surface area contributed by atoms with Crippen LogP contribution in [0.3, 0.4) is 0 Å². The van der Waals surface area contributed by atoms with Crippen LogP contribution in [-0.2, 0) is 11.2 Å². The molecule has 1 saturated carbocycles. The third kappa shape index (κ3) is 4.76. The molecule has 0 saturated heterocycles. The minimum atomic E-state index is 0. The van der Waals surface area contributed by atoms with E-state index in [0.717, 1.165) is 44.3 Å². The molecule has 1 aromatic rings. The van der Waals surface area contributed by atoms with Crippen molar-refractivity contribution >= 4 is 18.3 Å². The van der Waals surface area contributed by atoms with Crippen LogP contribution in [0.25, 0.3) is 0 Å². The fourth-order valence-corrected chi connectivity index (χ4v) is 2.70. The van der Waals surface area contributed by atoms with E-state index < -0.39 is 0 Å². The van der Waals surface area contributed by atoms with Crippen LogP contribution in [0.5, 0.6) is 0 Å². The Morgan fingerprint density at radius 3 is 2.90 bits per heavy atom. The van der Waals surface area contributed by atoms with Gasteiger partial charge in [0.2, 0.25) is 5.91 Å². The number of likely N-dealkylation sites (N-methyl/N-ethyl adjacent to an activating group) is 1. The van der Waals surface area contributed by atoms with Gasteiger partial charge in [0.1, 0.15) is 0 Å². The summed E-state index contributed by atoms with van der Waals surface area (Å²) in [5.41, 5.74) is 6.98. The number of amides is 1. The van der Waals surface area contributed by atoms with Crippen LogP contribution in [0.15, 0.2) is 24.4 Å². The van der Waals surface area contributed by atoms with Gasteiger partial charge in [-0.25, -0.2) is 0 Å². The van der Waals surface area contributed by atoms with Gasteiger partial charge in [-0.15, -0.1) is 12.4 Å². The van der Waals surface area contributed by atoms with Crippen molar-refractivity contribution in [3.05, 3.63) is 30.1 Å². The highest BCUT2D eigenvalue weighted by atomic mass is 35.5. The van der Waals surface area contributed by atoms with E-state index in [-0.39, 0.29) is 30.3 Å². The van der Waals surface area contributed by atoms with E-state index in [1.807, 2.05) is 30.1 Å². The second-order valence-corrected chi connectivity index (χ2v) is 5.45. The number of hydrogen-bond donors (Lipinski definition) is 1. The monoisotopic (exact) mass is 297 g/mol. The van der Waals surface area contributed by atoms with Gasteiger partial charge in [0.25, 0.3) is 0 Å². The Morgan fingerprint density at radius 1 is 1.45 bits per heavy atom. The van der Waals surface area contributed by atoms with Gasteiger partial charge in [-0.3, -0.25) is 9.78 Å². The molecule has 0 aromatic carbocycles. The van der Waals surface area contributed by atoms with E-state index in [1.54, 1.807) is 6.20 Å². The number of nitrogens with two attached hydrogens (primary N) is 1. The highest BCUT2D eigenvalue weighted by Gasteiger charge is 2.27. The molecular weight excluding hydrogens is 274 g/mol. The maximum atomic E-state index is 12.3. The molecule has 20 heavy (non-hydrogen) atoms. The zero-order valence-corrected chi connectivity index (χ0v) is 12.8. The average molecular weight is 298 g/mol. The van der Waals surface area contributed by atoms with Crippen molar-refractivity contribution in [3.8, 4) is 0 Å². The molecule has 5 heteroatoms. The molecule has 2 rings (SSSR count). The third-order valence-corrected chi connectivity index (χ3v) is 3.87. The van der Waals surface area contributed by atoms with E-state index in [9.17, 15) is 4.79 Å². The first-order valence-electron chi connectivity index (χ1n) is 7.07. The summed E-state index contributed by atoms with van der Waals surface area (Å²) in [6.45, 7) is 0.724. The fourth-order valence-electron chi connectivity index (χ4n) is 2.70. The van der Waals surface area contributed by atoms with Gasteiger partial charge in [0.05, 0.1) is 0 Å². The minimum Gasteiger partial charge on any atom is -0.345 e. The maximum Gasteiger partial charge on any atom is 0.225 e. The van der Waals surface area contributed by atoms with Crippen molar-refractivity contribution in [1.29, 1.82) is 0 Å². The lowest BCUT2D eigenvalue weighted by Gasteiger charge is -2.29. The summed E-state index contributed by atoms with van der Waals surface area (Å²) in [7, 11) is 1.88. The number of hydrogen-bond acceptors (Lipinski definition) is 3. The van der Waals surface area contributed by atoms with Gasteiger partial charge in [-0.1, -0.05) is 12.5 Å². The Balaban J connectivity index is 0.00000200. The van der Waals surface area contributed by atoms with Gasteiger partial charge in [0, 0.05) is 43.9 Å². The first-order chi connectivity index (χ1) is 9.16. The van der Waals surface area contributed by atoms with Gasteiger partial charge in [-0.2, -0.15) is 0 Å². The average Bonchev–Trinajstić information content (AvgIpc) is 2.45. The summed E-state index contributed by atoms with van der Waals surface area (Å²) in [6.07, 6.45) is 6.56. The van der Waals surface area contributed by atoms with Crippen molar-refractivity contribution in [2.75, 3.05) is 13.6 Å². The third-order valence-electron chi connectivity index (χ3n) is 3.87. The van der Waals surface area contributed by atoms with E-state index in [4.69, 9.17) is 5.73 Å². The molecule has 2 N–H and O–H groups in total. The van der Waals surface area contributed by atoms with Gasteiger partial charge in [0.15, 0.2) is 0 Å². The molecule has 1 aliphatic carbocycles. The maximum absolute atomic E-state index is 12.3. The van der Waals surface area contributed by atoms with Crippen molar-refractivity contribution < 1.29 is 4.79 Å². The summed E-state index contributed by atoms with van der Waals surface area (Å²) in [6, 6.07) is 6.08. The van der Waals surface area contributed by atoms with E-state index in [0.29, 0.717) is 0 Å². The molecule has 0 bridgehead atoms. The Morgan fingerprint density at radius 2 is 2.25 bits per heavy atom. The summed E-state index contributed by atoms with van der Waals surface area (Å²) in [4.78, 5) is 18.4. The molecule has 2 unspecified atom stereocenters. The number of carbonyl (C=O) groups is 1. The fraction of sp³-hybridized carbons (Fsp3) is 0.600. The standard InChI is InChI=1S/C15H23N3O.ClH/c1-18(10-8-14-7-2-3-9-17-14)15(19)12-5-4-6-13(16)11-12;/h2-3,7,9,12-13H,4-6,8,10-11,16H2,1H3;1H. The Kier molecular flexibility index (Phi) is 6.96. The first-order valence-corrected chi connectivity index (χ1v) is 7.07. The Labute approximate surface area is 127 Å². The summed E-state index contributed by atoms with van der Waals surface area (Å²) in [5, 5.41) is 0. The quantitative estimate of drug-likeness (QED) is 0.925.